The number of carbonyl (C=O) groups is 1. The van der Waals surface area contributed by atoms with E-state index in [2.05, 4.69) is 22.1 Å². The molecule has 0 spiro atoms. The van der Waals surface area contributed by atoms with Gasteiger partial charge < -0.3 is 10.1 Å². The van der Waals surface area contributed by atoms with Crippen LogP contribution in [0.2, 0.25) is 5.02 Å². The molecule has 0 saturated heterocycles. The molecule has 1 amide bonds. The number of amides is 1. The summed E-state index contributed by atoms with van der Waals surface area (Å²) in [5.74, 6) is 0.478. The number of carbonyl (C=O) groups excluding carboxylic acids is 1. The Bertz CT molecular complexity index is 1070. The van der Waals surface area contributed by atoms with Gasteiger partial charge in [0.25, 0.3) is 0 Å². The van der Waals surface area contributed by atoms with Gasteiger partial charge in [-0.05, 0) is 37.3 Å². The van der Waals surface area contributed by atoms with E-state index in [0.717, 1.165) is 5.56 Å². The summed E-state index contributed by atoms with van der Waals surface area (Å²) < 4.78 is 20.6. The molecule has 156 valence electrons. The molecule has 1 heterocycles. The summed E-state index contributed by atoms with van der Waals surface area (Å²) in [6, 6.07) is 11.5. The average Bonchev–Trinajstić information content (AvgIpc) is 3.13. The summed E-state index contributed by atoms with van der Waals surface area (Å²) in [4.78, 5) is 12.6. The SMILES string of the molecule is C=CCn1c(SC(C)C(=O)Nc2ccc(F)c(Cl)c2)nnc1-c1ccccc1OC. The monoisotopic (exact) mass is 446 g/mol. The summed E-state index contributed by atoms with van der Waals surface area (Å²) in [5.41, 5.74) is 1.21. The molecule has 0 saturated carbocycles. The molecule has 0 aliphatic rings. The van der Waals surface area contributed by atoms with Gasteiger partial charge in [-0.1, -0.05) is 41.6 Å². The normalized spacial score (nSPS) is 11.7. The average molecular weight is 447 g/mol. The van der Waals surface area contributed by atoms with Crippen molar-refractivity contribution in [2.24, 2.45) is 0 Å². The highest BCUT2D eigenvalue weighted by molar-refractivity contribution is 8.00. The highest BCUT2D eigenvalue weighted by Crippen LogP contribution is 2.32. The lowest BCUT2D eigenvalue weighted by Crippen LogP contribution is -2.23. The van der Waals surface area contributed by atoms with Gasteiger partial charge >= 0.3 is 0 Å². The van der Waals surface area contributed by atoms with E-state index >= 15 is 0 Å². The van der Waals surface area contributed by atoms with Crippen LogP contribution in [0.25, 0.3) is 11.4 Å². The summed E-state index contributed by atoms with van der Waals surface area (Å²) in [7, 11) is 1.59. The van der Waals surface area contributed by atoms with Crippen molar-refractivity contribution in [2.75, 3.05) is 12.4 Å². The Morgan fingerprint density at radius 3 is 2.83 bits per heavy atom. The molecule has 1 unspecified atom stereocenters. The van der Waals surface area contributed by atoms with E-state index in [-0.39, 0.29) is 10.9 Å². The second-order valence-corrected chi connectivity index (χ2v) is 8.00. The molecule has 1 aromatic heterocycles. The minimum Gasteiger partial charge on any atom is -0.496 e. The first-order valence-electron chi connectivity index (χ1n) is 9.04. The topological polar surface area (TPSA) is 69.0 Å². The molecule has 30 heavy (non-hydrogen) atoms. The number of nitrogens with zero attached hydrogens (tertiary/aromatic N) is 3. The van der Waals surface area contributed by atoms with Crippen molar-refractivity contribution in [3.63, 3.8) is 0 Å². The van der Waals surface area contributed by atoms with Gasteiger partial charge in [0.15, 0.2) is 11.0 Å². The van der Waals surface area contributed by atoms with Gasteiger partial charge in [0.1, 0.15) is 11.6 Å². The first-order chi connectivity index (χ1) is 14.4. The smallest absolute Gasteiger partial charge is 0.237 e. The van der Waals surface area contributed by atoms with E-state index in [1.165, 1.54) is 30.0 Å². The molecular formula is C21H20ClFN4O2S. The molecule has 9 heteroatoms. The van der Waals surface area contributed by atoms with Gasteiger partial charge in [0, 0.05) is 12.2 Å². The molecule has 6 nitrogen and oxygen atoms in total. The fourth-order valence-electron chi connectivity index (χ4n) is 2.73. The van der Waals surface area contributed by atoms with Gasteiger partial charge in [0.05, 0.1) is 22.9 Å². The van der Waals surface area contributed by atoms with Gasteiger partial charge in [-0.3, -0.25) is 9.36 Å². The molecule has 3 rings (SSSR count). The molecule has 3 aromatic rings. The largest absolute Gasteiger partial charge is 0.496 e. The van der Waals surface area contributed by atoms with E-state index < -0.39 is 11.1 Å². The maximum absolute atomic E-state index is 13.3. The second-order valence-electron chi connectivity index (χ2n) is 6.28. The summed E-state index contributed by atoms with van der Waals surface area (Å²) >= 11 is 7.03. The van der Waals surface area contributed by atoms with Crippen LogP contribution in [0, 0.1) is 5.82 Å². The lowest BCUT2D eigenvalue weighted by Gasteiger charge is -2.14. The van der Waals surface area contributed by atoms with Crippen molar-refractivity contribution in [2.45, 2.75) is 23.9 Å². The van der Waals surface area contributed by atoms with Crippen molar-refractivity contribution < 1.29 is 13.9 Å². The van der Waals surface area contributed by atoms with Crippen LogP contribution < -0.4 is 10.1 Å². The summed E-state index contributed by atoms with van der Waals surface area (Å²) in [5, 5.41) is 11.3. The van der Waals surface area contributed by atoms with Crippen LogP contribution in [0.5, 0.6) is 5.75 Å². The quantitative estimate of drug-likeness (QED) is 0.387. The number of benzene rings is 2. The fourth-order valence-corrected chi connectivity index (χ4v) is 3.77. The molecular weight excluding hydrogens is 427 g/mol. The third kappa shape index (κ3) is 4.83. The predicted octanol–water partition coefficient (Wildman–Crippen LogP) is 5.05. The first kappa shape index (κ1) is 21.9. The van der Waals surface area contributed by atoms with Gasteiger partial charge in [0.2, 0.25) is 5.91 Å². The Hall–Kier alpha value is -2.84. The molecule has 0 aliphatic heterocycles. The fraction of sp³-hybridized carbons (Fsp3) is 0.190. The van der Waals surface area contributed by atoms with Crippen molar-refractivity contribution in [3.05, 3.63) is 66.0 Å². The number of ether oxygens (including phenoxy) is 1. The molecule has 1 N–H and O–H groups in total. The number of thioether (sulfide) groups is 1. The Morgan fingerprint density at radius 1 is 1.37 bits per heavy atom. The Morgan fingerprint density at radius 2 is 2.13 bits per heavy atom. The van der Waals surface area contributed by atoms with Crippen LogP contribution in [0.4, 0.5) is 10.1 Å². The van der Waals surface area contributed by atoms with Gasteiger partial charge in [-0.25, -0.2) is 4.39 Å². The molecule has 0 aliphatic carbocycles. The van der Waals surface area contributed by atoms with Crippen LogP contribution in [0.3, 0.4) is 0 Å². The Labute approximate surface area is 183 Å². The van der Waals surface area contributed by atoms with E-state index in [1.54, 1.807) is 20.1 Å². The highest BCUT2D eigenvalue weighted by Gasteiger charge is 2.22. The third-order valence-corrected chi connectivity index (χ3v) is 5.59. The lowest BCUT2D eigenvalue weighted by molar-refractivity contribution is -0.115. The second kappa shape index (κ2) is 9.77. The molecule has 0 fully saturated rings. The number of hydrogen-bond donors (Lipinski definition) is 1. The standard InChI is InChI=1S/C21H20ClFN4O2S/c1-4-11-27-19(15-7-5-6-8-18(15)29-3)25-26-21(27)30-13(2)20(28)24-14-9-10-17(23)16(22)12-14/h4-10,12-13H,1,11H2,2-3H3,(H,24,28). The molecule has 1 atom stereocenters. The maximum atomic E-state index is 13.3. The van der Waals surface area contributed by atoms with Crippen molar-refractivity contribution in [1.29, 1.82) is 0 Å². The van der Waals surface area contributed by atoms with Crippen LogP contribution in [0.1, 0.15) is 6.92 Å². The van der Waals surface area contributed by atoms with Crippen LogP contribution in [-0.4, -0.2) is 33.0 Å². The zero-order valence-corrected chi connectivity index (χ0v) is 18.0. The number of rotatable bonds is 8. The van der Waals surface area contributed by atoms with Crippen molar-refractivity contribution >= 4 is 35.0 Å². The van der Waals surface area contributed by atoms with E-state index in [0.29, 0.717) is 29.0 Å². The van der Waals surface area contributed by atoms with Crippen molar-refractivity contribution in [1.82, 2.24) is 14.8 Å². The zero-order chi connectivity index (χ0) is 21.7. The molecule has 2 aromatic carbocycles. The Kier molecular flexibility index (Phi) is 7.12. The first-order valence-corrected chi connectivity index (χ1v) is 10.3. The number of allylic oxidation sites excluding steroid dienone is 1. The number of anilines is 1. The predicted molar refractivity (Wildman–Crippen MR) is 118 cm³/mol. The van der Waals surface area contributed by atoms with Gasteiger partial charge in [-0.15, -0.1) is 16.8 Å². The zero-order valence-electron chi connectivity index (χ0n) is 16.4. The number of halogens is 2. The number of aromatic nitrogens is 3. The van der Waals surface area contributed by atoms with E-state index in [9.17, 15) is 9.18 Å². The number of hydrogen-bond acceptors (Lipinski definition) is 5. The highest BCUT2D eigenvalue weighted by atomic mass is 35.5. The summed E-state index contributed by atoms with van der Waals surface area (Å²) in [6.07, 6.45) is 1.73. The lowest BCUT2D eigenvalue weighted by atomic mass is 10.2. The van der Waals surface area contributed by atoms with Gasteiger partial charge in [-0.2, -0.15) is 0 Å². The third-order valence-electron chi connectivity index (χ3n) is 4.21. The van der Waals surface area contributed by atoms with Crippen LogP contribution in [-0.2, 0) is 11.3 Å². The van der Waals surface area contributed by atoms with Crippen LogP contribution in [0.15, 0.2) is 60.3 Å². The van der Waals surface area contributed by atoms with E-state index in [1.807, 2.05) is 28.8 Å². The number of para-hydroxylation sites is 1. The minimum absolute atomic E-state index is 0.0553. The summed E-state index contributed by atoms with van der Waals surface area (Å²) in [6.45, 7) is 6.01. The van der Waals surface area contributed by atoms with Crippen LogP contribution >= 0.6 is 23.4 Å². The maximum Gasteiger partial charge on any atom is 0.237 e. The molecule has 0 bridgehead atoms. The minimum atomic E-state index is -0.543. The molecule has 0 radical (unpaired) electrons. The number of methoxy groups -OCH3 is 1. The Balaban J connectivity index is 1.81. The van der Waals surface area contributed by atoms with E-state index in [4.69, 9.17) is 16.3 Å². The number of nitrogens with one attached hydrogen (secondary N) is 1. The van der Waals surface area contributed by atoms with Crippen molar-refractivity contribution in [3.8, 4) is 17.1 Å².